The number of rotatable bonds is 7. The van der Waals surface area contributed by atoms with Crippen LogP contribution in [0.5, 0.6) is 0 Å². The van der Waals surface area contributed by atoms with Gasteiger partial charge in [-0.2, -0.15) is 0 Å². The van der Waals surface area contributed by atoms with Gasteiger partial charge in [0, 0.05) is 32.2 Å². The maximum Gasteiger partial charge on any atom is 0.141 e. The third kappa shape index (κ3) is 4.80. The SMILES string of the molecule is C=CCCCC[C@@H](c1ccc(F)c(Cl)c1)N1CCNCC1. The van der Waals surface area contributed by atoms with Crippen LogP contribution in [0.25, 0.3) is 0 Å². The molecule has 1 aromatic carbocycles. The summed E-state index contributed by atoms with van der Waals surface area (Å²) >= 11 is 5.96. The lowest BCUT2D eigenvalue weighted by molar-refractivity contribution is 0.163. The average molecular weight is 311 g/mol. The zero-order valence-electron chi connectivity index (χ0n) is 12.5. The third-order valence-electron chi connectivity index (χ3n) is 4.06. The van der Waals surface area contributed by atoms with Gasteiger partial charge in [0.15, 0.2) is 0 Å². The summed E-state index contributed by atoms with van der Waals surface area (Å²) in [6.07, 6.45) is 6.40. The normalized spacial score (nSPS) is 17.6. The topological polar surface area (TPSA) is 15.3 Å². The number of piperazine rings is 1. The van der Waals surface area contributed by atoms with Gasteiger partial charge in [-0.3, -0.25) is 4.90 Å². The summed E-state index contributed by atoms with van der Waals surface area (Å²) in [6, 6.07) is 5.48. The molecule has 0 unspecified atom stereocenters. The van der Waals surface area contributed by atoms with E-state index in [0.29, 0.717) is 6.04 Å². The molecule has 2 rings (SSSR count). The van der Waals surface area contributed by atoms with Gasteiger partial charge in [0.1, 0.15) is 5.82 Å². The molecule has 0 bridgehead atoms. The van der Waals surface area contributed by atoms with Gasteiger partial charge in [0.25, 0.3) is 0 Å². The molecule has 4 heteroatoms. The highest BCUT2D eigenvalue weighted by Crippen LogP contribution is 2.29. The van der Waals surface area contributed by atoms with E-state index in [4.69, 9.17) is 11.6 Å². The number of nitrogens with one attached hydrogen (secondary N) is 1. The van der Waals surface area contributed by atoms with E-state index in [9.17, 15) is 4.39 Å². The minimum atomic E-state index is -0.342. The molecule has 116 valence electrons. The van der Waals surface area contributed by atoms with E-state index in [2.05, 4.69) is 16.8 Å². The van der Waals surface area contributed by atoms with Gasteiger partial charge in [-0.05, 0) is 37.0 Å². The summed E-state index contributed by atoms with van der Waals surface area (Å²) in [7, 11) is 0. The first-order valence-corrected chi connectivity index (χ1v) is 8.11. The summed E-state index contributed by atoms with van der Waals surface area (Å²) in [5, 5.41) is 3.60. The zero-order valence-corrected chi connectivity index (χ0v) is 13.2. The molecule has 1 aliphatic rings. The van der Waals surface area contributed by atoms with Crippen LogP contribution in [0.3, 0.4) is 0 Å². The van der Waals surface area contributed by atoms with Gasteiger partial charge in [-0.15, -0.1) is 6.58 Å². The second-order valence-electron chi connectivity index (χ2n) is 5.55. The minimum Gasteiger partial charge on any atom is -0.314 e. The Labute approximate surface area is 132 Å². The lowest BCUT2D eigenvalue weighted by Crippen LogP contribution is -2.45. The third-order valence-corrected chi connectivity index (χ3v) is 4.35. The van der Waals surface area contributed by atoms with Gasteiger partial charge >= 0.3 is 0 Å². The Morgan fingerprint density at radius 3 is 2.76 bits per heavy atom. The van der Waals surface area contributed by atoms with Crippen LogP contribution in [-0.2, 0) is 0 Å². The van der Waals surface area contributed by atoms with Crippen LogP contribution >= 0.6 is 11.6 Å². The Morgan fingerprint density at radius 1 is 1.33 bits per heavy atom. The molecule has 1 fully saturated rings. The standard InChI is InChI=1S/C17H24ClFN2/c1-2-3-4-5-6-17(21-11-9-20-10-12-21)14-7-8-16(19)15(18)13-14/h2,7-8,13,17,20H,1,3-6,9-12H2/t17-/m0/s1. The molecule has 2 nitrogen and oxygen atoms in total. The summed E-state index contributed by atoms with van der Waals surface area (Å²) < 4.78 is 13.4. The predicted molar refractivity (Wildman–Crippen MR) is 87.3 cm³/mol. The molecule has 0 saturated carbocycles. The van der Waals surface area contributed by atoms with E-state index in [0.717, 1.165) is 57.4 Å². The average Bonchev–Trinajstić information content (AvgIpc) is 2.51. The largest absolute Gasteiger partial charge is 0.314 e. The molecule has 0 radical (unpaired) electrons. The monoisotopic (exact) mass is 310 g/mol. The number of hydrogen-bond donors (Lipinski definition) is 1. The summed E-state index contributed by atoms with van der Waals surface area (Å²) in [6.45, 7) is 7.85. The first-order valence-electron chi connectivity index (χ1n) is 7.73. The minimum absolute atomic E-state index is 0.221. The molecular weight excluding hydrogens is 287 g/mol. The Hall–Kier alpha value is -0.900. The molecule has 1 aromatic rings. The van der Waals surface area contributed by atoms with E-state index in [1.807, 2.05) is 12.1 Å². The van der Waals surface area contributed by atoms with Crippen LogP contribution in [0.15, 0.2) is 30.9 Å². The fourth-order valence-corrected chi connectivity index (χ4v) is 3.09. The molecule has 0 aromatic heterocycles. The Balaban J connectivity index is 2.09. The fraction of sp³-hybridized carbons (Fsp3) is 0.529. The Morgan fingerprint density at radius 2 is 2.10 bits per heavy atom. The molecule has 1 N–H and O–H groups in total. The quantitative estimate of drug-likeness (QED) is 0.600. The molecule has 0 aliphatic carbocycles. The second-order valence-corrected chi connectivity index (χ2v) is 5.96. The number of hydrogen-bond acceptors (Lipinski definition) is 2. The molecule has 1 heterocycles. The van der Waals surface area contributed by atoms with Crippen molar-refractivity contribution in [3.63, 3.8) is 0 Å². The number of benzene rings is 1. The zero-order chi connectivity index (χ0) is 15.1. The molecule has 1 atom stereocenters. The van der Waals surface area contributed by atoms with E-state index < -0.39 is 0 Å². The Bertz CT molecular complexity index is 458. The molecule has 0 amide bonds. The second kappa shape index (κ2) is 8.52. The van der Waals surface area contributed by atoms with Crippen molar-refractivity contribution in [1.29, 1.82) is 0 Å². The first kappa shape index (κ1) is 16.5. The van der Waals surface area contributed by atoms with Crippen molar-refractivity contribution in [2.24, 2.45) is 0 Å². The van der Waals surface area contributed by atoms with Gasteiger partial charge in [0.05, 0.1) is 5.02 Å². The van der Waals surface area contributed by atoms with Crippen LogP contribution in [0.2, 0.25) is 5.02 Å². The molecular formula is C17H24ClFN2. The number of halogens is 2. The van der Waals surface area contributed by atoms with E-state index >= 15 is 0 Å². The fourth-order valence-electron chi connectivity index (χ4n) is 2.90. The number of nitrogens with zero attached hydrogens (tertiary/aromatic N) is 1. The van der Waals surface area contributed by atoms with Crippen molar-refractivity contribution in [2.75, 3.05) is 26.2 Å². The number of unbranched alkanes of at least 4 members (excludes halogenated alkanes) is 2. The summed E-state index contributed by atoms with van der Waals surface area (Å²) in [4.78, 5) is 2.48. The lowest BCUT2D eigenvalue weighted by atomic mass is 9.98. The van der Waals surface area contributed by atoms with Crippen LogP contribution < -0.4 is 5.32 Å². The summed E-state index contributed by atoms with van der Waals surface area (Å²) in [5.41, 5.74) is 1.13. The molecule has 21 heavy (non-hydrogen) atoms. The van der Waals surface area contributed by atoms with Crippen molar-refractivity contribution < 1.29 is 4.39 Å². The van der Waals surface area contributed by atoms with Gasteiger partial charge in [-0.25, -0.2) is 4.39 Å². The lowest BCUT2D eigenvalue weighted by Gasteiger charge is -2.35. The molecule has 1 aliphatic heterocycles. The van der Waals surface area contributed by atoms with Crippen molar-refractivity contribution in [3.8, 4) is 0 Å². The highest BCUT2D eigenvalue weighted by atomic mass is 35.5. The maximum absolute atomic E-state index is 13.4. The van der Waals surface area contributed by atoms with Gasteiger partial charge in [-0.1, -0.05) is 30.2 Å². The van der Waals surface area contributed by atoms with Crippen molar-refractivity contribution in [3.05, 3.63) is 47.3 Å². The highest BCUT2D eigenvalue weighted by Gasteiger charge is 2.22. The Kier molecular flexibility index (Phi) is 6.68. The van der Waals surface area contributed by atoms with E-state index in [1.165, 1.54) is 6.07 Å². The van der Waals surface area contributed by atoms with E-state index in [-0.39, 0.29) is 10.8 Å². The van der Waals surface area contributed by atoms with Gasteiger partial charge < -0.3 is 5.32 Å². The smallest absolute Gasteiger partial charge is 0.141 e. The maximum atomic E-state index is 13.4. The number of allylic oxidation sites excluding steroid dienone is 1. The molecule has 1 saturated heterocycles. The van der Waals surface area contributed by atoms with Crippen LogP contribution in [0, 0.1) is 5.82 Å². The van der Waals surface area contributed by atoms with Crippen LogP contribution in [0.1, 0.15) is 37.3 Å². The van der Waals surface area contributed by atoms with Crippen molar-refractivity contribution in [1.82, 2.24) is 10.2 Å². The highest BCUT2D eigenvalue weighted by molar-refractivity contribution is 6.30. The van der Waals surface area contributed by atoms with Crippen LogP contribution in [-0.4, -0.2) is 31.1 Å². The van der Waals surface area contributed by atoms with Crippen molar-refractivity contribution in [2.45, 2.75) is 31.7 Å². The first-order chi connectivity index (χ1) is 10.2. The van der Waals surface area contributed by atoms with Crippen LogP contribution in [0.4, 0.5) is 4.39 Å². The predicted octanol–water partition coefficient (Wildman–Crippen LogP) is 4.17. The summed E-state index contributed by atoms with van der Waals surface area (Å²) in [5.74, 6) is -0.342. The molecule has 0 spiro atoms. The van der Waals surface area contributed by atoms with E-state index in [1.54, 1.807) is 6.07 Å². The van der Waals surface area contributed by atoms with Gasteiger partial charge in [0.2, 0.25) is 0 Å². The van der Waals surface area contributed by atoms with Crippen molar-refractivity contribution >= 4 is 11.6 Å².